The van der Waals surface area contributed by atoms with Crippen LogP contribution in [-0.2, 0) is 16.8 Å². The van der Waals surface area contributed by atoms with Gasteiger partial charge in [0.05, 0.1) is 11.6 Å². The molecule has 2 aromatic carbocycles. The van der Waals surface area contributed by atoms with E-state index in [-0.39, 0.29) is 17.1 Å². The van der Waals surface area contributed by atoms with Gasteiger partial charge >= 0.3 is 0 Å². The summed E-state index contributed by atoms with van der Waals surface area (Å²) in [6.45, 7) is 4.48. The van der Waals surface area contributed by atoms with Gasteiger partial charge in [-0.2, -0.15) is 0 Å². The Kier molecular flexibility index (Phi) is 7.30. The molecule has 1 fully saturated rings. The molecular formula is C23H28BrFN2O2. The predicted octanol–water partition coefficient (Wildman–Crippen LogP) is 4.56. The Labute approximate surface area is 180 Å². The minimum absolute atomic E-state index is 0.00213. The second kappa shape index (κ2) is 9.72. The van der Waals surface area contributed by atoms with E-state index in [1.807, 2.05) is 30.3 Å². The maximum absolute atomic E-state index is 13.5. The van der Waals surface area contributed by atoms with Crippen molar-refractivity contribution in [3.05, 3.63) is 63.9 Å². The largest absolute Gasteiger partial charge is 0.496 e. The van der Waals surface area contributed by atoms with Gasteiger partial charge in [-0.15, -0.1) is 0 Å². The number of hydrogen-bond acceptors (Lipinski definition) is 3. The van der Waals surface area contributed by atoms with Gasteiger partial charge in [-0.25, -0.2) is 4.39 Å². The highest BCUT2D eigenvalue weighted by atomic mass is 79.9. The molecule has 1 heterocycles. The Bertz CT molecular complexity index is 837. The number of nitrogens with one attached hydrogen (secondary N) is 2. The van der Waals surface area contributed by atoms with Crippen LogP contribution in [0.4, 0.5) is 4.39 Å². The molecule has 0 radical (unpaired) electrons. The topological polar surface area (TPSA) is 50.4 Å². The third kappa shape index (κ3) is 5.37. The van der Waals surface area contributed by atoms with Crippen LogP contribution >= 0.6 is 15.9 Å². The molecule has 4 nitrogen and oxygen atoms in total. The van der Waals surface area contributed by atoms with E-state index in [1.165, 1.54) is 12.1 Å². The van der Waals surface area contributed by atoms with Crippen molar-refractivity contribution in [3.8, 4) is 5.75 Å². The van der Waals surface area contributed by atoms with Crippen molar-refractivity contribution in [2.24, 2.45) is 5.92 Å². The smallest absolute Gasteiger partial charge is 0.221 e. The summed E-state index contributed by atoms with van der Waals surface area (Å²) in [5.74, 6) is 0.878. The van der Waals surface area contributed by atoms with Gasteiger partial charge in [0.25, 0.3) is 0 Å². The Morgan fingerprint density at radius 3 is 2.55 bits per heavy atom. The first-order chi connectivity index (χ1) is 13.9. The molecule has 2 N–H and O–H groups in total. The van der Waals surface area contributed by atoms with E-state index in [0.29, 0.717) is 18.9 Å². The second-order valence-electron chi connectivity index (χ2n) is 7.87. The molecule has 1 aliphatic heterocycles. The Hall–Kier alpha value is -1.92. The molecule has 6 heteroatoms. The number of methoxy groups -OCH3 is 1. The monoisotopic (exact) mass is 462 g/mol. The maximum Gasteiger partial charge on any atom is 0.221 e. The normalized spacial score (nSPS) is 16.8. The SMILES string of the molecule is COc1ccc(CNC(=O)CC(C)(c2ccc(F)cc2)C2CCNCC2)cc1Br. The molecule has 0 aliphatic carbocycles. The lowest BCUT2D eigenvalue weighted by Gasteiger charge is -2.40. The summed E-state index contributed by atoms with van der Waals surface area (Å²) in [6, 6.07) is 12.4. The standard InChI is InChI=1S/C23H28BrFN2O2/c1-23(18-9-11-26-12-10-18,17-4-6-19(25)7-5-17)14-22(28)27-15-16-3-8-21(29-2)20(24)13-16/h3-8,13,18,26H,9-12,14-15H2,1-2H3,(H,27,28). The van der Waals surface area contributed by atoms with Gasteiger partial charge in [-0.3, -0.25) is 4.79 Å². The lowest BCUT2D eigenvalue weighted by Crippen LogP contribution is -2.43. The number of carbonyl (C=O) groups is 1. The van der Waals surface area contributed by atoms with Crippen molar-refractivity contribution in [3.63, 3.8) is 0 Å². The van der Waals surface area contributed by atoms with E-state index in [9.17, 15) is 9.18 Å². The van der Waals surface area contributed by atoms with Crippen LogP contribution in [-0.4, -0.2) is 26.1 Å². The van der Waals surface area contributed by atoms with Gasteiger partial charge < -0.3 is 15.4 Å². The molecule has 1 atom stereocenters. The van der Waals surface area contributed by atoms with Crippen LogP contribution in [0.3, 0.4) is 0 Å². The van der Waals surface area contributed by atoms with Gasteiger partial charge in [0.2, 0.25) is 5.91 Å². The van der Waals surface area contributed by atoms with E-state index in [2.05, 4.69) is 33.5 Å². The number of benzene rings is 2. The number of amides is 1. The molecule has 0 spiro atoms. The first-order valence-electron chi connectivity index (χ1n) is 9.98. The average molecular weight is 463 g/mol. The number of carbonyl (C=O) groups excluding carboxylic acids is 1. The number of hydrogen-bond donors (Lipinski definition) is 2. The third-order valence-electron chi connectivity index (χ3n) is 5.98. The van der Waals surface area contributed by atoms with Crippen LogP contribution in [0.2, 0.25) is 0 Å². The van der Waals surface area contributed by atoms with Gasteiger partial charge in [-0.1, -0.05) is 25.1 Å². The summed E-state index contributed by atoms with van der Waals surface area (Å²) < 4.78 is 19.6. The minimum atomic E-state index is -0.333. The van der Waals surface area contributed by atoms with Crippen molar-refractivity contribution in [1.29, 1.82) is 0 Å². The summed E-state index contributed by atoms with van der Waals surface area (Å²) in [5, 5.41) is 6.44. The fourth-order valence-electron chi connectivity index (χ4n) is 4.19. The summed E-state index contributed by atoms with van der Waals surface area (Å²) in [4.78, 5) is 12.9. The first kappa shape index (κ1) is 21.8. The van der Waals surface area contributed by atoms with Crippen LogP contribution in [0.15, 0.2) is 46.9 Å². The van der Waals surface area contributed by atoms with Gasteiger partial charge in [0.15, 0.2) is 0 Å². The number of piperidine rings is 1. The fraction of sp³-hybridized carbons (Fsp3) is 0.435. The molecule has 1 aliphatic rings. The van der Waals surface area contributed by atoms with Crippen molar-refractivity contribution < 1.29 is 13.9 Å². The van der Waals surface area contributed by atoms with Crippen LogP contribution < -0.4 is 15.4 Å². The molecule has 0 saturated carbocycles. The van der Waals surface area contributed by atoms with Crippen LogP contribution in [0.5, 0.6) is 5.75 Å². The highest BCUT2D eigenvalue weighted by Crippen LogP contribution is 2.40. The van der Waals surface area contributed by atoms with Crippen LogP contribution in [0, 0.1) is 11.7 Å². The fourth-order valence-corrected chi connectivity index (χ4v) is 4.78. The minimum Gasteiger partial charge on any atom is -0.496 e. The second-order valence-corrected chi connectivity index (χ2v) is 8.73. The molecule has 2 aromatic rings. The molecule has 3 rings (SSSR count). The molecule has 0 bridgehead atoms. The number of ether oxygens (including phenoxy) is 1. The molecule has 1 unspecified atom stereocenters. The molecular weight excluding hydrogens is 435 g/mol. The van der Waals surface area contributed by atoms with E-state index in [4.69, 9.17) is 4.74 Å². The quantitative estimate of drug-likeness (QED) is 0.633. The van der Waals surface area contributed by atoms with Crippen LogP contribution in [0.25, 0.3) is 0 Å². The summed E-state index contributed by atoms with van der Waals surface area (Å²) >= 11 is 3.48. The highest BCUT2D eigenvalue weighted by Gasteiger charge is 2.38. The zero-order chi connectivity index (χ0) is 20.9. The van der Waals surface area contributed by atoms with Gasteiger partial charge in [0.1, 0.15) is 11.6 Å². The maximum atomic E-state index is 13.5. The highest BCUT2D eigenvalue weighted by molar-refractivity contribution is 9.10. The molecule has 1 amide bonds. The number of halogens is 2. The van der Waals surface area contributed by atoms with Crippen molar-refractivity contribution >= 4 is 21.8 Å². The molecule has 29 heavy (non-hydrogen) atoms. The lowest BCUT2D eigenvalue weighted by molar-refractivity contribution is -0.123. The first-order valence-corrected chi connectivity index (χ1v) is 10.8. The zero-order valence-corrected chi connectivity index (χ0v) is 18.5. The van der Waals surface area contributed by atoms with E-state index in [0.717, 1.165) is 47.3 Å². The molecule has 156 valence electrons. The Balaban J connectivity index is 1.72. The van der Waals surface area contributed by atoms with Crippen LogP contribution in [0.1, 0.15) is 37.3 Å². The summed E-state index contributed by atoms with van der Waals surface area (Å²) in [7, 11) is 1.62. The summed E-state index contributed by atoms with van der Waals surface area (Å²) in [6.07, 6.45) is 2.39. The van der Waals surface area contributed by atoms with E-state index >= 15 is 0 Å². The van der Waals surface area contributed by atoms with Gasteiger partial charge in [0, 0.05) is 18.4 Å². The van der Waals surface area contributed by atoms with E-state index < -0.39 is 0 Å². The molecule has 0 aromatic heterocycles. The average Bonchev–Trinajstić information content (AvgIpc) is 2.73. The van der Waals surface area contributed by atoms with E-state index in [1.54, 1.807) is 7.11 Å². The van der Waals surface area contributed by atoms with Gasteiger partial charge in [-0.05, 0) is 83.2 Å². The summed E-state index contributed by atoms with van der Waals surface area (Å²) in [5.41, 5.74) is 1.69. The molecule has 1 saturated heterocycles. The van der Waals surface area contributed by atoms with Crippen molar-refractivity contribution in [1.82, 2.24) is 10.6 Å². The predicted molar refractivity (Wildman–Crippen MR) is 117 cm³/mol. The Morgan fingerprint density at radius 2 is 1.93 bits per heavy atom. The van der Waals surface area contributed by atoms with Crippen molar-refractivity contribution in [2.75, 3.05) is 20.2 Å². The number of rotatable bonds is 7. The Morgan fingerprint density at radius 1 is 1.24 bits per heavy atom. The zero-order valence-electron chi connectivity index (χ0n) is 16.9. The van der Waals surface area contributed by atoms with Crippen molar-refractivity contribution in [2.45, 2.75) is 38.1 Å². The lowest BCUT2D eigenvalue weighted by atomic mass is 9.66. The third-order valence-corrected chi connectivity index (χ3v) is 6.60.